The van der Waals surface area contributed by atoms with Crippen LogP contribution in [0.15, 0.2) is 60.8 Å². The summed E-state index contributed by atoms with van der Waals surface area (Å²) in [6.45, 7) is 1.11. The number of benzene rings is 2. The van der Waals surface area contributed by atoms with Gasteiger partial charge in [0.15, 0.2) is 0 Å². The first kappa shape index (κ1) is 17.9. The molecule has 0 saturated carbocycles. The first-order chi connectivity index (χ1) is 13.0. The van der Waals surface area contributed by atoms with Crippen LogP contribution in [-0.4, -0.2) is 22.0 Å². The van der Waals surface area contributed by atoms with Gasteiger partial charge in [-0.15, -0.1) is 0 Å². The van der Waals surface area contributed by atoms with Crippen LogP contribution in [0.3, 0.4) is 0 Å². The van der Waals surface area contributed by atoms with E-state index in [0.717, 1.165) is 11.3 Å². The van der Waals surface area contributed by atoms with E-state index in [1.165, 1.54) is 12.1 Å². The number of halogens is 3. The molecule has 7 heteroatoms. The van der Waals surface area contributed by atoms with Gasteiger partial charge in [-0.2, -0.15) is 0 Å². The van der Waals surface area contributed by atoms with Crippen LogP contribution in [0.1, 0.15) is 17.3 Å². The minimum absolute atomic E-state index is 0.143. The van der Waals surface area contributed by atoms with E-state index in [2.05, 4.69) is 9.88 Å². The smallest absolute Gasteiger partial charge is 0.322 e. The number of anilines is 1. The third-order valence-corrected chi connectivity index (χ3v) is 5.23. The van der Waals surface area contributed by atoms with E-state index in [-0.39, 0.29) is 11.7 Å². The predicted molar refractivity (Wildman–Crippen MR) is 105 cm³/mol. The predicted octanol–water partition coefficient (Wildman–Crippen LogP) is 5.57. The summed E-state index contributed by atoms with van der Waals surface area (Å²) in [4.78, 5) is 14.6. The molecule has 4 nitrogen and oxygen atoms in total. The Morgan fingerprint density at radius 2 is 1.89 bits per heavy atom. The van der Waals surface area contributed by atoms with Crippen molar-refractivity contribution in [2.24, 2.45) is 0 Å². The molecule has 1 atom stereocenters. The maximum Gasteiger partial charge on any atom is 0.322 e. The topological polar surface area (TPSA) is 37.3 Å². The maximum atomic E-state index is 14.0. The molecule has 1 aliphatic rings. The number of para-hydroxylation sites is 1. The third kappa shape index (κ3) is 3.40. The number of aromatic nitrogens is 1. The molecule has 1 aliphatic heterocycles. The highest BCUT2D eigenvalue weighted by Crippen LogP contribution is 2.37. The number of hydrogen-bond acceptors (Lipinski definition) is 1. The molecule has 138 valence electrons. The van der Waals surface area contributed by atoms with Crippen molar-refractivity contribution in [2.45, 2.75) is 12.6 Å². The van der Waals surface area contributed by atoms with Crippen molar-refractivity contribution in [2.75, 3.05) is 11.9 Å². The van der Waals surface area contributed by atoms with Crippen LogP contribution < -0.4 is 5.32 Å². The lowest BCUT2D eigenvalue weighted by Crippen LogP contribution is -2.44. The van der Waals surface area contributed by atoms with Crippen LogP contribution in [0, 0.1) is 5.82 Å². The average Bonchev–Trinajstić information content (AvgIpc) is 3.12. The summed E-state index contributed by atoms with van der Waals surface area (Å²) in [5.74, 6) is -0.479. The minimum atomic E-state index is -0.479. The van der Waals surface area contributed by atoms with Gasteiger partial charge in [-0.3, -0.25) is 0 Å². The van der Waals surface area contributed by atoms with Gasteiger partial charge in [-0.05, 0) is 42.0 Å². The van der Waals surface area contributed by atoms with Crippen molar-refractivity contribution in [3.63, 3.8) is 0 Å². The highest BCUT2D eigenvalue weighted by molar-refractivity contribution is 6.35. The van der Waals surface area contributed by atoms with Gasteiger partial charge in [0.25, 0.3) is 0 Å². The second kappa shape index (κ2) is 7.25. The molecule has 2 heterocycles. The van der Waals surface area contributed by atoms with Crippen molar-refractivity contribution in [1.82, 2.24) is 9.47 Å². The Balaban J connectivity index is 1.72. The number of carbonyl (C=O) groups excluding carboxylic acids is 1. The normalized spacial score (nSPS) is 16.1. The summed E-state index contributed by atoms with van der Waals surface area (Å²) < 4.78 is 16.0. The lowest BCUT2D eigenvalue weighted by molar-refractivity contribution is 0.182. The van der Waals surface area contributed by atoms with Gasteiger partial charge in [0.2, 0.25) is 0 Å². The number of hydrogen-bond donors (Lipinski definition) is 1. The van der Waals surface area contributed by atoms with Crippen LogP contribution >= 0.6 is 23.2 Å². The Labute approximate surface area is 166 Å². The Hall–Kier alpha value is -2.50. The summed E-state index contributed by atoms with van der Waals surface area (Å²) in [7, 11) is 0. The molecule has 0 aliphatic carbocycles. The lowest BCUT2D eigenvalue weighted by Gasteiger charge is -2.37. The molecular weight excluding hydrogens is 388 g/mol. The third-order valence-electron chi connectivity index (χ3n) is 4.67. The second-order valence-corrected chi connectivity index (χ2v) is 7.14. The summed E-state index contributed by atoms with van der Waals surface area (Å²) in [5.41, 5.74) is 1.85. The van der Waals surface area contributed by atoms with Gasteiger partial charge in [0, 0.05) is 35.0 Å². The Morgan fingerprint density at radius 3 is 2.67 bits per heavy atom. The molecule has 3 aromatic rings. The van der Waals surface area contributed by atoms with Crippen LogP contribution in [0.25, 0.3) is 0 Å². The SMILES string of the molecule is O=C(Nc1ccccc1F)N1CCn2cccc2[C@H]1c1ccc(Cl)cc1Cl. The van der Waals surface area contributed by atoms with Gasteiger partial charge in [0.1, 0.15) is 11.9 Å². The molecule has 2 aromatic carbocycles. The molecule has 2 amide bonds. The quantitative estimate of drug-likeness (QED) is 0.596. The number of rotatable bonds is 2. The number of urea groups is 1. The van der Waals surface area contributed by atoms with Crippen molar-refractivity contribution in [3.8, 4) is 0 Å². The fourth-order valence-corrected chi connectivity index (χ4v) is 3.91. The van der Waals surface area contributed by atoms with Crippen LogP contribution in [0.2, 0.25) is 10.0 Å². The number of fused-ring (bicyclic) bond motifs is 1. The number of carbonyl (C=O) groups is 1. The van der Waals surface area contributed by atoms with Crippen molar-refractivity contribution in [3.05, 3.63) is 87.9 Å². The monoisotopic (exact) mass is 403 g/mol. The molecule has 0 bridgehead atoms. The zero-order valence-electron chi connectivity index (χ0n) is 14.2. The molecule has 0 radical (unpaired) electrons. The molecular formula is C20H16Cl2FN3O. The summed E-state index contributed by atoms with van der Waals surface area (Å²) in [5, 5.41) is 3.67. The zero-order chi connectivity index (χ0) is 19.0. The summed E-state index contributed by atoms with van der Waals surface area (Å²) in [6, 6.07) is 14.4. The first-order valence-electron chi connectivity index (χ1n) is 8.47. The van der Waals surface area contributed by atoms with Gasteiger partial charge in [-0.25, -0.2) is 9.18 Å². The van der Waals surface area contributed by atoms with E-state index < -0.39 is 11.9 Å². The number of amides is 2. The van der Waals surface area contributed by atoms with Crippen molar-refractivity contribution in [1.29, 1.82) is 0 Å². The fourth-order valence-electron chi connectivity index (χ4n) is 3.40. The summed E-state index contributed by atoms with van der Waals surface area (Å²) in [6.07, 6.45) is 1.97. The van der Waals surface area contributed by atoms with Gasteiger partial charge < -0.3 is 14.8 Å². The molecule has 0 spiro atoms. The highest BCUT2D eigenvalue weighted by atomic mass is 35.5. The van der Waals surface area contributed by atoms with E-state index in [4.69, 9.17) is 23.2 Å². The Bertz CT molecular complexity index is 1000. The molecule has 27 heavy (non-hydrogen) atoms. The van der Waals surface area contributed by atoms with E-state index in [0.29, 0.717) is 23.1 Å². The largest absolute Gasteiger partial charge is 0.348 e. The van der Waals surface area contributed by atoms with E-state index in [1.54, 1.807) is 29.2 Å². The zero-order valence-corrected chi connectivity index (χ0v) is 15.7. The summed E-state index contributed by atoms with van der Waals surface area (Å²) >= 11 is 12.5. The molecule has 0 unspecified atom stereocenters. The number of nitrogens with one attached hydrogen (secondary N) is 1. The van der Waals surface area contributed by atoms with E-state index >= 15 is 0 Å². The maximum absolute atomic E-state index is 14.0. The number of nitrogens with zero attached hydrogens (tertiary/aromatic N) is 2. The van der Waals surface area contributed by atoms with E-state index in [9.17, 15) is 9.18 Å². The average molecular weight is 404 g/mol. The van der Waals surface area contributed by atoms with Gasteiger partial charge in [0.05, 0.1) is 5.69 Å². The molecule has 1 aromatic heterocycles. The standard InChI is InChI=1S/C20H16Cl2FN3O/c21-13-7-8-14(15(22)12-13)19-18-6-3-9-25(18)10-11-26(19)20(27)24-17-5-2-1-4-16(17)23/h1-9,12,19H,10-11H2,(H,24,27)/t19-/m1/s1. The van der Waals surface area contributed by atoms with Crippen LogP contribution in [0.4, 0.5) is 14.9 Å². The minimum Gasteiger partial charge on any atom is -0.348 e. The Morgan fingerprint density at radius 1 is 1.07 bits per heavy atom. The van der Waals surface area contributed by atoms with Crippen LogP contribution in [-0.2, 0) is 6.54 Å². The van der Waals surface area contributed by atoms with E-state index in [1.807, 2.05) is 24.4 Å². The van der Waals surface area contributed by atoms with Gasteiger partial charge >= 0.3 is 6.03 Å². The fraction of sp³-hybridized carbons (Fsp3) is 0.150. The molecule has 1 N–H and O–H groups in total. The highest BCUT2D eigenvalue weighted by Gasteiger charge is 2.33. The molecule has 0 fully saturated rings. The van der Waals surface area contributed by atoms with Gasteiger partial charge in [-0.1, -0.05) is 41.4 Å². The Kier molecular flexibility index (Phi) is 4.81. The second-order valence-electron chi connectivity index (χ2n) is 6.30. The van der Waals surface area contributed by atoms with Crippen LogP contribution in [0.5, 0.6) is 0 Å². The first-order valence-corrected chi connectivity index (χ1v) is 9.22. The molecule has 4 rings (SSSR count). The lowest BCUT2D eigenvalue weighted by atomic mass is 10.00. The molecule has 0 saturated heterocycles. The van der Waals surface area contributed by atoms with Crippen molar-refractivity contribution < 1.29 is 9.18 Å². The van der Waals surface area contributed by atoms with Crippen molar-refractivity contribution >= 4 is 34.9 Å².